The molecule has 2 heterocycles. The lowest BCUT2D eigenvalue weighted by atomic mass is 9.72. The van der Waals surface area contributed by atoms with E-state index < -0.39 is 42.5 Å². The van der Waals surface area contributed by atoms with Crippen molar-refractivity contribution in [3.63, 3.8) is 0 Å². The van der Waals surface area contributed by atoms with E-state index >= 15 is 0 Å². The lowest BCUT2D eigenvalue weighted by Crippen LogP contribution is -2.54. The van der Waals surface area contributed by atoms with Crippen LogP contribution in [-0.4, -0.2) is 46.9 Å². The molecule has 7 nitrogen and oxygen atoms in total. The molecule has 0 amide bonds. The first kappa shape index (κ1) is 19.1. The lowest BCUT2D eigenvalue weighted by molar-refractivity contribution is -0.134. The molecule has 8 heteroatoms. The van der Waals surface area contributed by atoms with Crippen molar-refractivity contribution in [2.45, 2.75) is 64.3 Å². The molecular formula is C16H28N2O5Si. The minimum Gasteiger partial charge on any atom is -0.394 e. The second-order valence-corrected chi connectivity index (χ2v) is 11.3. The van der Waals surface area contributed by atoms with Crippen molar-refractivity contribution in [2.24, 2.45) is 5.41 Å². The van der Waals surface area contributed by atoms with Gasteiger partial charge in [-0.05, 0) is 12.3 Å². The van der Waals surface area contributed by atoms with Gasteiger partial charge in [-0.15, -0.1) is 0 Å². The van der Waals surface area contributed by atoms with Crippen LogP contribution in [0.1, 0.15) is 32.8 Å². The SMILES string of the molecule is Cc1cn([C@@]2([SiH](C)C)C[C@@](O)(C(C)(C)C)[C@@H](CO)O2)c(=O)[nH]c1=O. The number of nitrogens with zero attached hydrogens (tertiary/aromatic N) is 1. The molecule has 0 saturated carbocycles. The van der Waals surface area contributed by atoms with E-state index in [2.05, 4.69) is 4.98 Å². The summed E-state index contributed by atoms with van der Waals surface area (Å²) < 4.78 is 7.58. The summed E-state index contributed by atoms with van der Waals surface area (Å²) in [6.45, 7) is 11.0. The molecule has 0 spiro atoms. The van der Waals surface area contributed by atoms with Crippen LogP contribution >= 0.6 is 0 Å². The van der Waals surface area contributed by atoms with Gasteiger partial charge in [0.05, 0.1) is 15.4 Å². The van der Waals surface area contributed by atoms with E-state index in [0.29, 0.717) is 5.56 Å². The van der Waals surface area contributed by atoms with Crippen LogP contribution in [0, 0.1) is 12.3 Å². The Morgan fingerprint density at radius 3 is 2.42 bits per heavy atom. The average Bonchev–Trinajstić information content (AvgIpc) is 2.78. The molecule has 1 fully saturated rings. The first-order valence-corrected chi connectivity index (χ1v) is 11.1. The number of rotatable bonds is 3. The summed E-state index contributed by atoms with van der Waals surface area (Å²) >= 11 is 0. The first-order chi connectivity index (χ1) is 10.9. The van der Waals surface area contributed by atoms with Gasteiger partial charge in [0.15, 0.2) is 0 Å². The van der Waals surface area contributed by atoms with Crippen LogP contribution in [-0.2, 0) is 10.1 Å². The topological polar surface area (TPSA) is 105 Å². The average molecular weight is 356 g/mol. The maximum atomic E-state index is 12.5. The third kappa shape index (κ3) is 2.71. The predicted octanol–water partition coefficient (Wildman–Crippen LogP) is 0.0821. The number of hydrogen-bond donors (Lipinski definition) is 3. The summed E-state index contributed by atoms with van der Waals surface area (Å²) in [4.78, 5) is 26.5. The van der Waals surface area contributed by atoms with Gasteiger partial charge in [0, 0.05) is 18.2 Å². The molecule has 1 aromatic rings. The van der Waals surface area contributed by atoms with E-state index in [1.54, 1.807) is 6.92 Å². The highest BCUT2D eigenvalue weighted by Crippen LogP contribution is 2.50. The molecule has 1 saturated heterocycles. The van der Waals surface area contributed by atoms with Gasteiger partial charge in [0.25, 0.3) is 5.56 Å². The number of H-pyrrole nitrogens is 1. The summed E-state index contributed by atoms with van der Waals surface area (Å²) in [6.07, 6.45) is 0.896. The summed E-state index contributed by atoms with van der Waals surface area (Å²) in [7, 11) is -1.71. The van der Waals surface area contributed by atoms with E-state index in [1.165, 1.54) is 10.8 Å². The van der Waals surface area contributed by atoms with Crippen LogP contribution < -0.4 is 11.2 Å². The number of ether oxygens (including phenoxy) is 1. The Morgan fingerprint density at radius 1 is 1.42 bits per heavy atom. The zero-order chi connectivity index (χ0) is 18.5. The van der Waals surface area contributed by atoms with E-state index in [-0.39, 0.29) is 13.0 Å². The van der Waals surface area contributed by atoms with Crippen LogP contribution in [0.15, 0.2) is 15.8 Å². The third-order valence-corrected chi connectivity index (χ3v) is 7.72. The van der Waals surface area contributed by atoms with Gasteiger partial charge in [-0.25, -0.2) is 4.79 Å². The van der Waals surface area contributed by atoms with Crippen LogP contribution in [0.5, 0.6) is 0 Å². The molecular weight excluding hydrogens is 328 g/mol. The number of aromatic amines is 1. The molecule has 0 radical (unpaired) electrons. The van der Waals surface area contributed by atoms with E-state index in [1.807, 2.05) is 33.9 Å². The molecule has 1 aromatic heterocycles. The van der Waals surface area contributed by atoms with Crippen LogP contribution in [0.25, 0.3) is 0 Å². The number of hydrogen-bond acceptors (Lipinski definition) is 5. The van der Waals surface area contributed by atoms with Crippen LogP contribution in [0.3, 0.4) is 0 Å². The third-order valence-electron chi connectivity index (χ3n) is 5.30. The minimum atomic E-state index is -1.71. The van der Waals surface area contributed by atoms with E-state index in [4.69, 9.17) is 4.74 Å². The Hall–Kier alpha value is -1.22. The van der Waals surface area contributed by atoms with E-state index in [9.17, 15) is 19.8 Å². The number of aliphatic hydroxyl groups excluding tert-OH is 1. The quantitative estimate of drug-likeness (QED) is 0.666. The summed E-state index contributed by atoms with van der Waals surface area (Å²) in [5, 5.41) is 20.1. The Balaban J connectivity index is 2.70. The van der Waals surface area contributed by atoms with Gasteiger partial charge in [0.2, 0.25) is 0 Å². The first-order valence-electron chi connectivity index (χ1n) is 8.23. The van der Waals surface area contributed by atoms with Gasteiger partial charge in [-0.3, -0.25) is 14.3 Å². The van der Waals surface area contributed by atoms with Crippen molar-refractivity contribution in [2.75, 3.05) is 6.61 Å². The van der Waals surface area contributed by atoms with Gasteiger partial charge < -0.3 is 14.9 Å². The highest BCUT2D eigenvalue weighted by molar-refractivity contribution is 6.58. The molecule has 136 valence electrons. The summed E-state index contributed by atoms with van der Waals surface area (Å²) in [5.74, 6) is 0. The number of aryl methyl sites for hydroxylation is 1. The molecule has 2 rings (SSSR count). The number of aromatic nitrogens is 2. The second-order valence-electron chi connectivity index (χ2n) is 8.08. The summed E-state index contributed by atoms with van der Waals surface area (Å²) in [6, 6.07) is 0. The molecule has 3 atom stereocenters. The van der Waals surface area contributed by atoms with Crippen molar-refractivity contribution in [1.82, 2.24) is 9.55 Å². The minimum absolute atomic E-state index is 0.198. The highest BCUT2D eigenvalue weighted by atomic mass is 28.3. The maximum Gasteiger partial charge on any atom is 0.330 e. The van der Waals surface area contributed by atoms with Gasteiger partial charge in [-0.2, -0.15) is 0 Å². The van der Waals surface area contributed by atoms with Gasteiger partial charge >= 0.3 is 5.69 Å². The fourth-order valence-electron chi connectivity index (χ4n) is 3.43. The molecule has 3 N–H and O–H groups in total. The maximum absolute atomic E-state index is 12.5. The predicted molar refractivity (Wildman–Crippen MR) is 93.9 cm³/mol. The lowest BCUT2D eigenvalue weighted by Gasteiger charge is -2.40. The number of aliphatic hydroxyl groups is 2. The van der Waals surface area contributed by atoms with Crippen molar-refractivity contribution in [3.8, 4) is 0 Å². The Morgan fingerprint density at radius 2 is 2.00 bits per heavy atom. The highest BCUT2D eigenvalue weighted by Gasteiger charge is 2.62. The van der Waals surface area contributed by atoms with Crippen molar-refractivity contribution >= 4 is 8.80 Å². The van der Waals surface area contributed by atoms with Crippen molar-refractivity contribution < 1.29 is 14.9 Å². The fourth-order valence-corrected chi connectivity index (χ4v) is 5.33. The smallest absolute Gasteiger partial charge is 0.330 e. The Labute approximate surface area is 142 Å². The zero-order valence-corrected chi connectivity index (χ0v) is 16.4. The molecule has 1 aliphatic heterocycles. The molecule has 1 aliphatic rings. The second kappa shape index (κ2) is 5.94. The Bertz CT molecular complexity index is 735. The van der Waals surface area contributed by atoms with Crippen LogP contribution in [0.4, 0.5) is 0 Å². The number of nitrogens with one attached hydrogen (secondary N) is 1. The fraction of sp³-hybridized carbons (Fsp3) is 0.750. The Kier molecular flexibility index (Phi) is 4.73. The zero-order valence-electron chi connectivity index (χ0n) is 15.2. The van der Waals surface area contributed by atoms with Gasteiger partial charge in [-0.1, -0.05) is 33.9 Å². The van der Waals surface area contributed by atoms with Crippen molar-refractivity contribution in [3.05, 3.63) is 32.6 Å². The molecule has 0 aromatic carbocycles. The van der Waals surface area contributed by atoms with Crippen molar-refractivity contribution in [1.29, 1.82) is 0 Å². The monoisotopic (exact) mass is 356 g/mol. The van der Waals surface area contributed by atoms with Gasteiger partial charge in [0.1, 0.15) is 17.1 Å². The standard InChI is InChI=1S/C16H28N2O5Si/c1-10-7-18(13(21)17-12(10)20)16(24(5)6)9-15(22,14(2,3)4)11(8-19)23-16/h7,11,19,22,24H,8-9H2,1-6H3,(H,17,20,21)/t11-,15+,16+/m1/s1. The molecule has 0 aliphatic carbocycles. The van der Waals surface area contributed by atoms with Crippen LogP contribution in [0.2, 0.25) is 13.1 Å². The molecule has 24 heavy (non-hydrogen) atoms. The molecule has 0 unspecified atom stereocenters. The van der Waals surface area contributed by atoms with E-state index in [0.717, 1.165) is 0 Å². The largest absolute Gasteiger partial charge is 0.394 e. The molecule has 0 bridgehead atoms. The summed E-state index contributed by atoms with van der Waals surface area (Å²) in [5.41, 5.74) is -2.42. The normalized spacial score (nSPS) is 31.0.